The molecule has 0 saturated carbocycles. The molecule has 0 spiro atoms. The van der Waals surface area contributed by atoms with Crippen LogP contribution in [0.4, 0.5) is 0 Å². The van der Waals surface area contributed by atoms with E-state index in [1.807, 2.05) is 0 Å². The van der Waals surface area contributed by atoms with Gasteiger partial charge in [0, 0.05) is 12.6 Å². The van der Waals surface area contributed by atoms with Gasteiger partial charge >= 0.3 is 0 Å². The van der Waals surface area contributed by atoms with Crippen molar-refractivity contribution in [1.29, 1.82) is 0 Å². The highest BCUT2D eigenvalue weighted by molar-refractivity contribution is 5.85. The van der Waals surface area contributed by atoms with E-state index in [-0.39, 0.29) is 24.8 Å². The fourth-order valence-corrected chi connectivity index (χ4v) is 2.67. The predicted octanol–water partition coefficient (Wildman–Crippen LogP) is 1.29. The van der Waals surface area contributed by atoms with Crippen LogP contribution in [0.2, 0.25) is 0 Å². The van der Waals surface area contributed by atoms with Crippen molar-refractivity contribution in [2.45, 2.75) is 31.7 Å². The highest BCUT2D eigenvalue weighted by atomic mass is 35.5. The summed E-state index contributed by atoms with van der Waals surface area (Å²) in [5, 5.41) is 12.5. The number of rotatable bonds is 2. The topological polar surface area (TPSA) is 35.5 Å². The first kappa shape index (κ1) is 16.5. The maximum Gasteiger partial charge on any atom is 0.0460 e. The maximum atomic E-state index is 9.06. The molecule has 0 bridgehead atoms. The first-order valence-electron chi connectivity index (χ1n) is 5.96. The zero-order valence-corrected chi connectivity index (χ0v) is 11.4. The molecule has 2 fully saturated rings. The third kappa shape index (κ3) is 4.38. The summed E-state index contributed by atoms with van der Waals surface area (Å²) in [6, 6.07) is 0.816. The van der Waals surface area contributed by atoms with Crippen molar-refractivity contribution in [3.63, 3.8) is 0 Å². The third-order valence-corrected chi connectivity index (χ3v) is 3.73. The smallest absolute Gasteiger partial charge is 0.0460 e. The lowest BCUT2D eigenvalue weighted by Crippen LogP contribution is -2.46. The van der Waals surface area contributed by atoms with Gasteiger partial charge in [0.25, 0.3) is 0 Å². The van der Waals surface area contributed by atoms with Crippen LogP contribution in [0.25, 0.3) is 0 Å². The molecule has 2 N–H and O–H groups in total. The normalized spacial score (nSPS) is 24.6. The molecule has 0 aromatic heterocycles. The SMILES string of the molecule is Cl.Cl.OCC1CCN(C2CCNCC2)CC1. The fourth-order valence-electron chi connectivity index (χ4n) is 2.67. The van der Waals surface area contributed by atoms with Gasteiger partial charge in [0.05, 0.1) is 0 Å². The number of hydrogen-bond donors (Lipinski definition) is 2. The van der Waals surface area contributed by atoms with E-state index in [2.05, 4.69) is 10.2 Å². The molecule has 2 aliphatic heterocycles. The standard InChI is InChI=1S/C11H22N2O.2ClH/c14-9-10-3-7-13(8-4-10)11-1-5-12-6-2-11;;/h10-12,14H,1-9H2;2*1H. The quantitative estimate of drug-likeness (QED) is 0.794. The van der Waals surface area contributed by atoms with Crippen LogP contribution in [0.3, 0.4) is 0 Å². The first-order valence-corrected chi connectivity index (χ1v) is 5.96. The van der Waals surface area contributed by atoms with E-state index in [1.165, 1.54) is 51.9 Å². The van der Waals surface area contributed by atoms with Crippen molar-refractivity contribution in [2.24, 2.45) is 5.92 Å². The summed E-state index contributed by atoms with van der Waals surface area (Å²) in [5.41, 5.74) is 0. The van der Waals surface area contributed by atoms with Crippen molar-refractivity contribution in [1.82, 2.24) is 10.2 Å². The van der Waals surface area contributed by atoms with Crippen LogP contribution in [-0.2, 0) is 0 Å². The number of aliphatic hydroxyl groups excluding tert-OH is 1. The number of piperidine rings is 2. The molecule has 0 atom stereocenters. The molecule has 3 nitrogen and oxygen atoms in total. The summed E-state index contributed by atoms with van der Waals surface area (Å²) in [6.45, 7) is 5.17. The van der Waals surface area contributed by atoms with Gasteiger partial charge in [0.15, 0.2) is 0 Å². The van der Waals surface area contributed by atoms with Crippen LogP contribution in [0.1, 0.15) is 25.7 Å². The van der Waals surface area contributed by atoms with Crippen molar-refractivity contribution >= 4 is 24.8 Å². The molecule has 0 aromatic rings. The fraction of sp³-hybridized carbons (Fsp3) is 1.00. The lowest BCUT2D eigenvalue weighted by atomic mass is 9.94. The molecule has 0 unspecified atom stereocenters. The Morgan fingerprint density at radius 2 is 1.56 bits per heavy atom. The van der Waals surface area contributed by atoms with Crippen LogP contribution in [0, 0.1) is 5.92 Å². The number of likely N-dealkylation sites (tertiary alicyclic amines) is 1. The monoisotopic (exact) mass is 270 g/mol. The van der Waals surface area contributed by atoms with Gasteiger partial charge in [-0.1, -0.05) is 0 Å². The lowest BCUT2D eigenvalue weighted by Gasteiger charge is -2.39. The molecule has 5 heteroatoms. The van der Waals surface area contributed by atoms with Gasteiger partial charge in [-0.15, -0.1) is 24.8 Å². The Labute approximate surface area is 111 Å². The summed E-state index contributed by atoms with van der Waals surface area (Å²) >= 11 is 0. The van der Waals surface area contributed by atoms with Gasteiger partial charge in [0.1, 0.15) is 0 Å². The molecular weight excluding hydrogens is 247 g/mol. The number of nitrogens with zero attached hydrogens (tertiary/aromatic N) is 1. The Morgan fingerprint density at radius 3 is 2.06 bits per heavy atom. The molecule has 98 valence electrons. The molecular formula is C11H24Cl2N2O. The Morgan fingerprint density at radius 1 is 1.00 bits per heavy atom. The van der Waals surface area contributed by atoms with E-state index < -0.39 is 0 Å². The summed E-state index contributed by atoms with van der Waals surface area (Å²) in [4.78, 5) is 2.63. The van der Waals surface area contributed by atoms with Gasteiger partial charge in [-0.3, -0.25) is 0 Å². The molecule has 0 radical (unpaired) electrons. The largest absolute Gasteiger partial charge is 0.396 e. The Balaban J connectivity index is 0.00000112. The number of halogens is 2. The molecule has 2 rings (SSSR count). The summed E-state index contributed by atoms with van der Waals surface area (Å²) in [6.07, 6.45) is 5.01. The molecule has 0 aliphatic carbocycles. The zero-order valence-electron chi connectivity index (χ0n) is 9.73. The van der Waals surface area contributed by atoms with E-state index in [4.69, 9.17) is 5.11 Å². The molecule has 16 heavy (non-hydrogen) atoms. The second-order valence-electron chi connectivity index (χ2n) is 4.64. The van der Waals surface area contributed by atoms with Gasteiger partial charge < -0.3 is 15.3 Å². The van der Waals surface area contributed by atoms with Crippen LogP contribution < -0.4 is 5.32 Å². The van der Waals surface area contributed by atoms with Crippen LogP contribution in [-0.4, -0.2) is 48.8 Å². The van der Waals surface area contributed by atoms with E-state index >= 15 is 0 Å². The molecule has 2 saturated heterocycles. The van der Waals surface area contributed by atoms with Gasteiger partial charge in [-0.05, 0) is 57.8 Å². The second-order valence-corrected chi connectivity index (χ2v) is 4.64. The molecule has 0 amide bonds. The minimum Gasteiger partial charge on any atom is -0.396 e. The van der Waals surface area contributed by atoms with E-state index in [9.17, 15) is 0 Å². The Kier molecular flexibility index (Phi) is 8.78. The van der Waals surface area contributed by atoms with E-state index in [0.29, 0.717) is 12.5 Å². The Hall–Kier alpha value is 0.460. The Bertz CT molecular complexity index is 169. The van der Waals surface area contributed by atoms with Crippen LogP contribution in [0.5, 0.6) is 0 Å². The van der Waals surface area contributed by atoms with Crippen molar-refractivity contribution in [2.75, 3.05) is 32.8 Å². The highest BCUT2D eigenvalue weighted by Gasteiger charge is 2.25. The summed E-state index contributed by atoms with van der Waals surface area (Å²) < 4.78 is 0. The number of nitrogens with one attached hydrogen (secondary N) is 1. The number of aliphatic hydroxyl groups is 1. The second kappa shape index (κ2) is 8.54. The lowest BCUT2D eigenvalue weighted by molar-refractivity contribution is 0.0868. The van der Waals surface area contributed by atoms with Crippen molar-refractivity contribution < 1.29 is 5.11 Å². The minimum atomic E-state index is 0. The minimum absolute atomic E-state index is 0. The third-order valence-electron chi connectivity index (χ3n) is 3.73. The van der Waals surface area contributed by atoms with Crippen LogP contribution in [0.15, 0.2) is 0 Å². The van der Waals surface area contributed by atoms with Crippen LogP contribution >= 0.6 is 24.8 Å². The maximum absolute atomic E-state index is 9.06. The van der Waals surface area contributed by atoms with E-state index in [1.54, 1.807) is 0 Å². The van der Waals surface area contributed by atoms with E-state index in [0.717, 1.165) is 6.04 Å². The van der Waals surface area contributed by atoms with Gasteiger partial charge in [-0.25, -0.2) is 0 Å². The predicted molar refractivity (Wildman–Crippen MR) is 71.8 cm³/mol. The zero-order chi connectivity index (χ0) is 9.80. The van der Waals surface area contributed by atoms with Gasteiger partial charge in [0.2, 0.25) is 0 Å². The molecule has 2 heterocycles. The average Bonchev–Trinajstić information content (AvgIpc) is 2.30. The van der Waals surface area contributed by atoms with Crippen molar-refractivity contribution in [3.8, 4) is 0 Å². The van der Waals surface area contributed by atoms with Crippen molar-refractivity contribution in [3.05, 3.63) is 0 Å². The first-order chi connectivity index (χ1) is 6.90. The summed E-state index contributed by atoms with van der Waals surface area (Å²) in [7, 11) is 0. The molecule has 2 aliphatic rings. The number of hydrogen-bond acceptors (Lipinski definition) is 3. The van der Waals surface area contributed by atoms with Gasteiger partial charge in [-0.2, -0.15) is 0 Å². The average molecular weight is 271 g/mol. The highest BCUT2D eigenvalue weighted by Crippen LogP contribution is 2.21. The summed E-state index contributed by atoms with van der Waals surface area (Å²) in [5.74, 6) is 0.577. The molecule has 0 aromatic carbocycles.